The number of methoxy groups -OCH3 is 2. The number of carbonyl (C=O) groups excluding carboxylic acids is 6. The van der Waals surface area contributed by atoms with E-state index < -0.39 is 72.3 Å². The Morgan fingerprint density at radius 2 is 1.60 bits per heavy atom. The summed E-state index contributed by atoms with van der Waals surface area (Å²) in [6, 6.07) is 19.6. The molecule has 1 saturated heterocycles. The van der Waals surface area contributed by atoms with Gasteiger partial charge in [-0.2, -0.15) is 5.10 Å². The van der Waals surface area contributed by atoms with E-state index in [4.69, 9.17) is 38.5 Å². The number of aliphatic hydroxyl groups is 1. The lowest BCUT2D eigenvalue weighted by molar-refractivity contribution is -0.248. The van der Waals surface area contributed by atoms with Crippen molar-refractivity contribution in [3.63, 3.8) is 0 Å². The van der Waals surface area contributed by atoms with Crippen molar-refractivity contribution in [2.45, 2.75) is 122 Å². The summed E-state index contributed by atoms with van der Waals surface area (Å²) in [6.07, 6.45) is 8.53. The molecule has 6 aromatic rings. The molecule has 6 heterocycles. The van der Waals surface area contributed by atoms with Crippen LogP contribution in [0.4, 0.5) is 21.4 Å². The molecule has 6 amide bonds. The number of carboxylic acids is 2. The lowest BCUT2D eigenvalue weighted by Gasteiger charge is -2.69. The van der Waals surface area contributed by atoms with Gasteiger partial charge >= 0.3 is 18.0 Å². The van der Waals surface area contributed by atoms with Crippen LogP contribution < -0.4 is 30.3 Å². The number of benzene rings is 3. The molecule has 13 rings (SSSR count). The van der Waals surface area contributed by atoms with Crippen LogP contribution in [0.3, 0.4) is 0 Å². The first-order valence-corrected chi connectivity index (χ1v) is 33.8. The molecule has 99 heavy (non-hydrogen) atoms. The molecule has 5 atom stereocenters. The molecular formula is C71H80N10O17S. The molecular weight excluding hydrogens is 1300 g/mol. The fourth-order valence-corrected chi connectivity index (χ4v) is 17.2. The number of thiazole rings is 1. The molecule has 4 bridgehead atoms. The van der Waals surface area contributed by atoms with Crippen LogP contribution in [0.1, 0.15) is 115 Å². The predicted molar refractivity (Wildman–Crippen MR) is 362 cm³/mol. The quantitative estimate of drug-likeness (QED) is 0.0266. The van der Waals surface area contributed by atoms with E-state index in [0.29, 0.717) is 58.5 Å². The van der Waals surface area contributed by atoms with Crippen LogP contribution >= 0.6 is 11.3 Å². The lowest BCUT2D eigenvalue weighted by Crippen LogP contribution is -2.64. The van der Waals surface area contributed by atoms with Gasteiger partial charge in [-0.15, -0.1) is 0 Å². The number of nitrogens with zero attached hydrogens (tertiary/aromatic N) is 7. The van der Waals surface area contributed by atoms with Crippen molar-refractivity contribution in [1.29, 1.82) is 0 Å². The molecule has 27 nitrogen and oxygen atoms in total. The van der Waals surface area contributed by atoms with Crippen molar-refractivity contribution < 1.29 is 82.1 Å². The van der Waals surface area contributed by atoms with E-state index in [0.717, 1.165) is 82.6 Å². The van der Waals surface area contributed by atoms with Crippen LogP contribution in [0, 0.1) is 23.2 Å². The van der Waals surface area contributed by atoms with Crippen molar-refractivity contribution in [3.8, 4) is 22.6 Å². The molecule has 28 heteroatoms. The van der Waals surface area contributed by atoms with Gasteiger partial charge in [-0.3, -0.25) is 38.9 Å². The number of aromatic nitrogens is 4. The molecule has 522 valence electrons. The van der Waals surface area contributed by atoms with Gasteiger partial charge in [-0.25, -0.2) is 24.4 Å². The number of carbonyl (C=O) groups is 8. The maximum atomic E-state index is 14.0. The minimum Gasteiger partial charge on any atom is -0.496 e. The number of hydrogen-bond acceptors (Lipinski definition) is 20. The first-order chi connectivity index (χ1) is 47.4. The van der Waals surface area contributed by atoms with Gasteiger partial charge in [-0.05, 0) is 134 Å². The zero-order valence-electron chi connectivity index (χ0n) is 55.7. The lowest BCUT2D eigenvalue weighted by atomic mass is 9.39. The highest BCUT2D eigenvalue weighted by atomic mass is 32.1. The van der Waals surface area contributed by atoms with Crippen LogP contribution in [0.5, 0.6) is 11.5 Å². The fourth-order valence-electron chi connectivity index (χ4n) is 16.3. The largest absolute Gasteiger partial charge is 0.496 e. The molecule has 7 aliphatic rings. The second-order valence-corrected chi connectivity index (χ2v) is 28.4. The molecule has 3 aromatic heterocycles. The molecule has 5 fully saturated rings. The van der Waals surface area contributed by atoms with Crippen molar-refractivity contribution in [2.24, 2.45) is 16.2 Å². The average molecular weight is 1380 g/mol. The zero-order valence-corrected chi connectivity index (χ0v) is 56.5. The highest BCUT2D eigenvalue weighted by molar-refractivity contribution is 7.22. The summed E-state index contributed by atoms with van der Waals surface area (Å²) in [5, 5.41) is 44.5. The first-order valence-electron chi connectivity index (χ1n) is 33.0. The monoisotopic (exact) mass is 1380 g/mol. The second kappa shape index (κ2) is 28.7. The number of amides is 6. The van der Waals surface area contributed by atoms with E-state index in [2.05, 4.69) is 34.8 Å². The fraction of sp³-hybridized carbons (Fsp3) is 0.451. The number of anilines is 3. The van der Waals surface area contributed by atoms with Gasteiger partial charge in [-0.1, -0.05) is 49.5 Å². The van der Waals surface area contributed by atoms with Crippen LogP contribution in [0.15, 0.2) is 91.2 Å². The van der Waals surface area contributed by atoms with Gasteiger partial charge in [0.05, 0.1) is 54.1 Å². The van der Waals surface area contributed by atoms with E-state index in [1.807, 2.05) is 46.8 Å². The van der Waals surface area contributed by atoms with Gasteiger partial charge in [0.15, 0.2) is 16.9 Å². The maximum Gasteiger partial charge on any atom is 0.410 e. The molecule has 0 spiro atoms. The van der Waals surface area contributed by atoms with E-state index in [-0.39, 0.29) is 105 Å². The van der Waals surface area contributed by atoms with Gasteiger partial charge in [0.1, 0.15) is 30.5 Å². The predicted octanol–water partition coefficient (Wildman–Crippen LogP) is 8.02. The summed E-state index contributed by atoms with van der Waals surface area (Å²) in [6.45, 7) is 8.16. The van der Waals surface area contributed by atoms with E-state index in [1.54, 1.807) is 67.8 Å². The summed E-state index contributed by atoms with van der Waals surface area (Å²) in [5.41, 5.74) is 4.62. The number of rotatable bonds is 27. The van der Waals surface area contributed by atoms with Crippen LogP contribution in [-0.4, -0.2) is 183 Å². The Kier molecular flexibility index (Phi) is 20.1. The third-order valence-corrected chi connectivity index (χ3v) is 20.4. The molecule has 2 unspecified atom stereocenters. The Balaban J connectivity index is 0.683. The zero-order chi connectivity index (χ0) is 70.0. The molecule has 4 aliphatic carbocycles. The number of carboxylic acid groups (broad SMARTS) is 2. The normalized spacial score (nSPS) is 23.7. The van der Waals surface area contributed by atoms with E-state index in [9.17, 15) is 53.7 Å². The number of aromatic carboxylic acids is 1. The van der Waals surface area contributed by atoms with E-state index in [1.165, 1.54) is 17.4 Å². The first kappa shape index (κ1) is 69.3. The topological polar surface area (TPSA) is 342 Å². The number of para-hydroxylation sites is 1. The number of fused-ring (bicyclic) bond motifs is 2. The number of imide groups is 1. The van der Waals surface area contributed by atoms with Crippen molar-refractivity contribution in [1.82, 2.24) is 34.9 Å². The molecule has 0 radical (unpaired) electrons. The minimum atomic E-state index is -1.33. The number of pyridine rings is 1. The average Bonchev–Trinajstić information content (AvgIpc) is 1.19. The molecule has 4 saturated carbocycles. The minimum absolute atomic E-state index is 0.0384. The Hall–Kier alpha value is -9.61. The highest BCUT2D eigenvalue weighted by Crippen LogP contribution is 2.72. The summed E-state index contributed by atoms with van der Waals surface area (Å²) >= 11 is 1.39. The van der Waals surface area contributed by atoms with Crippen molar-refractivity contribution >= 4 is 91.8 Å². The summed E-state index contributed by atoms with van der Waals surface area (Å²) in [5.74, 6) is -4.03. The summed E-state index contributed by atoms with van der Waals surface area (Å²) < 4.78 is 38.6. The smallest absolute Gasteiger partial charge is 0.410 e. The Labute approximate surface area is 574 Å². The van der Waals surface area contributed by atoms with Crippen molar-refractivity contribution in [2.75, 3.05) is 82.3 Å². The maximum absolute atomic E-state index is 14.0. The Bertz CT molecular complexity index is 4150. The third-order valence-electron chi connectivity index (χ3n) is 19.4. The number of ether oxygens (including phenoxy) is 6. The number of aliphatic hydroxyl groups excluding tert-OH is 1. The second-order valence-electron chi connectivity index (χ2n) is 27.4. The van der Waals surface area contributed by atoms with Crippen molar-refractivity contribution in [3.05, 3.63) is 125 Å². The Morgan fingerprint density at radius 1 is 0.838 bits per heavy atom. The van der Waals surface area contributed by atoms with Gasteiger partial charge < -0.3 is 64.2 Å². The standard InChI is InChI=1S/C71H80N10O17S/c1-42-48(46-14-17-56(76-62(46)65(90)91)79-23-21-45-49(33-79)47(13-16-52(45)94-5)63(87)77-66-75-50-10-6-7-11-55(50)99-66)32-73-81(42)41-70-36-68(2)35-69(3,37-70)39-71(38-68,40-70)96-28-25-78(24-27-93-4)67(92)95-26-8-9-43-12-15-53(97-61-31-44(82)30-54(98-61)64(88)89)51(29-43)74-57(83)20-22-72-58(84)34-80-59(85)18-19-60(80)86/h6-19,29,32,44,54,61,82H,20-28,30-31,33-41H2,1-5H3,(H,72,84)(H,74,83)(H,88,89)(H,90,91)(H,75,77,87)/b9-8+/t44-,54-,61+,68?,69?,70?,71?/m0/s1. The summed E-state index contributed by atoms with van der Waals surface area (Å²) in [4.78, 5) is 116. The third kappa shape index (κ3) is 15.5. The molecule has 6 N–H and O–H groups in total. The number of aliphatic carboxylic acids is 1. The van der Waals surface area contributed by atoms with E-state index >= 15 is 0 Å². The summed E-state index contributed by atoms with van der Waals surface area (Å²) in [7, 11) is 3.15. The van der Waals surface area contributed by atoms with Crippen LogP contribution in [0.2, 0.25) is 0 Å². The SMILES string of the molecule is COCCN(CCOC12CC3(C)CC(C)(CC(Cn4ncc(-c5ccc(N6CCc7c(OC)ccc(C(=O)Nc8nc9ccccc9s8)c7C6)nc5C(=O)O)c4C)(C3)C1)C2)C(=O)OC/C=C/c1ccc(O[C@H]2C[C@@H](O)C[C@@H](C(=O)O)O2)c(NC(=O)CCNC(=O)CN2C(=O)C=CC2=O)c1. The van der Waals surface area contributed by atoms with Crippen LogP contribution in [0.25, 0.3) is 27.4 Å². The number of hydrogen-bond donors (Lipinski definition) is 6. The highest BCUT2D eigenvalue weighted by Gasteiger charge is 2.66. The Morgan fingerprint density at radius 3 is 2.33 bits per heavy atom. The molecule has 3 aromatic carbocycles. The molecule has 3 aliphatic heterocycles. The van der Waals surface area contributed by atoms with Gasteiger partial charge in [0.25, 0.3) is 17.7 Å². The van der Waals surface area contributed by atoms with Gasteiger partial charge in [0.2, 0.25) is 18.1 Å². The van der Waals surface area contributed by atoms with Gasteiger partial charge in [0, 0.05) is 106 Å². The van der Waals surface area contributed by atoms with Crippen LogP contribution in [-0.2, 0) is 62.4 Å². The number of nitrogens with one attached hydrogen (secondary N) is 3.